The number of aromatic nitrogens is 2. The summed E-state index contributed by atoms with van der Waals surface area (Å²) in [6, 6.07) is 0. The van der Waals surface area contributed by atoms with E-state index >= 15 is 0 Å². The average Bonchev–Trinajstić information content (AvgIpc) is 2.80. The summed E-state index contributed by atoms with van der Waals surface area (Å²) < 4.78 is 5.35. The van der Waals surface area contributed by atoms with Gasteiger partial charge in [0.25, 0.3) is 0 Å². The minimum absolute atomic E-state index is 0.0579. The summed E-state index contributed by atoms with van der Waals surface area (Å²) in [5, 5.41) is 77.5. The minimum Gasteiger partial charge on any atom is -0.396 e. The number of hydrogen-bond acceptors (Lipinski definition) is 11. The molecular weight excluding hydrogens is 424 g/mol. The number of nitrogens with zero attached hydrogens (tertiary/aromatic N) is 2. The summed E-state index contributed by atoms with van der Waals surface area (Å²) in [6.07, 6.45) is -1.63. The molecule has 0 amide bonds. The number of ether oxygens (including phenoxy) is 1. The molecule has 0 saturated carbocycles. The SMILES string of the molecule is OCCCO[C@H](CO)[C@@H](O)Cc1cnc([C@@H](CCCO)[C@H](O)[C@H](O)C(O)CCCO)cn1. The molecule has 8 N–H and O–H groups in total. The van der Waals surface area contributed by atoms with Gasteiger partial charge in [-0.05, 0) is 32.1 Å². The first-order chi connectivity index (χ1) is 15.4. The van der Waals surface area contributed by atoms with Gasteiger partial charge in [0.15, 0.2) is 0 Å². The van der Waals surface area contributed by atoms with Gasteiger partial charge >= 0.3 is 0 Å². The highest BCUT2D eigenvalue weighted by Crippen LogP contribution is 2.27. The van der Waals surface area contributed by atoms with Crippen molar-refractivity contribution in [3.63, 3.8) is 0 Å². The predicted molar refractivity (Wildman–Crippen MR) is 114 cm³/mol. The van der Waals surface area contributed by atoms with Crippen LogP contribution in [0.5, 0.6) is 0 Å². The molecule has 1 rings (SSSR count). The fraction of sp³-hybridized carbons (Fsp3) is 0.810. The van der Waals surface area contributed by atoms with E-state index in [9.17, 15) is 30.6 Å². The largest absolute Gasteiger partial charge is 0.396 e. The molecular formula is C21H38N2O9. The van der Waals surface area contributed by atoms with Crippen molar-refractivity contribution in [3.8, 4) is 0 Å². The van der Waals surface area contributed by atoms with Crippen LogP contribution < -0.4 is 0 Å². The first kappa shape index (κ1) is 28.8. The molecule has 0 bridgehead atoms. The Labute approximate surface area is 188 Å². The van der Waals surface area contributed by atoms with Gasteiger partial charge in [0.05, 0.1) is 36.3 Å². The summed E-state index contributed by atoms with van der Waals surface area (Å²) in [4.78, 5) is 8.53. The van der Waals surface area contributed by atoms with E-state index in [1.165, 1.54) is 12.4 Å². The van der Waals surface area contributed by atoms with Crippen LogP contribution in [0.4, 0.5) is 0 Å². The molecule has 0 aromatic carbocycles. The lowest BCUT2D eigenvalue weighted by molar-refractivity contribution is -0.0741. The van der Waals surface area contributed by atoms with Crippen LogP contribution in [-0.4, -0.2) is 114 Å². The summed E-state index contributed by atoms with van der Waals surface area (Å²) in [5.74, 6) is -0.695. The maximum Gasteiger partial charge on any atom is 0.107 e. The molecule has 186 valence electrons. The Morgan fingerprint density at radius 2 is 1.41 bits per heavy atom. The first-order valence-electron chi connectivity index (χ1n) is 11.0. The number of aliphatic hydroxyl groups excluding tert-OH is 8. The van der Waals surface area contributed by atoms with Gasteiger partial charge < -0.3 is 45.6 Å². The van der Waals surface area contributed by atoms with Gasteiger partial charge in [0.1, 0.15) is 12.2 Å². The zero-order chi connectivity index (χ0) is 23.9. The van der Waals surface area contributed by atoms with Crippen LogP contribution in [0.3, 0.4) is 0 Å². The van der Waals surface area contributed by atoms with E-state index in [1.54, 1.807) is 0 Å². The molecule has 0 saturated heterocycles. The molecule has 11 heteroatoms. The predicted octanol–water partition coefficient (Wildman–Crippen LogP) is -2.15. The molecule has 1 aromatic rings. The lowest BCUT2D eigenvalue weighted by atomic mass is 9.87. The second-order valence-corrected chi connectivity index (χ2v) is 7.76. The van der Waals surface area contributed by atoms with E-state index in [-0.39, 0.29) is 45.7 Å². The van der Waals surface area contributed by atoms with Crippen LogP contribution in [0.15, 0.2) is 12.4 Å². The zero-order valence-electron chi connectivity index (χ0n) is 18.3. The van der Waals surface area contributed by atoms with Gasteiger partial charge in [-0.2, -0.15) is 0 Å². The Kier molecular flexibility index (Phi) is 14.7. The monoisotopic (exact) mass is 462 g/mol. The van der Waals surface area contributed by atoms with Crippen LogP contribution in [0.25, 0.3) is 0 Å². The normalized spacial score (nSPS) is 17.5. The molecule has 32 heavy (non-hydrogen) atoms. The molecule has 0 aliphatic rings. The van der Waals surface area contributed by atoms with E-state index in [1.807, 2.05) is 0 Å². The third-order valence-corrected chi connectivity index (χ3v) is 5.25. The Morgan fingerprint density at radius 3 is 1.97 bits per heavy atom. The van der Waals surface area contributed by atoms with Gasteiger partial charge in [0.2, 0.25) is 0 Å². The quantitative estimate of drug-likeness (QED) is 0.111. The summed E-state index contributed by atoms with van der Waals surface area (Å²) in [5.41, 5.74) is 0.778. The third-order valence-electron chi connectivity index (χ3n) is 5.25. The number of hydrogen-bond donors (Lipinski definition) is 8. The van der Waals surface area contributed by atoms with E-state index in [0.29, 0.717) is 30.7 Å². The highest BCUT2D eigenvalue weighted by Gasteiger charge is 2.33. The fourth-order valence-corrected chi connectivity index (χ4v) is 3.33. The lowest BCUT2D eigenvalue weighted by Crippen LogP contribution is -2.41. The number of aliphatic hydroxyl groups is 8. The highest BCUT2D eigenvalue weighted by atomic mass is 16.5. The third kappa shape index (κ3) is 9.69. The van der Waals surface area contributed by atoms with Crippen LogP contribution in [-0.2, 0) is 11.2 Å². The van der Waals surface area contributed by atoms with Crippen molar-refractivity contribution in [1.82, 2.24) is 9.97 Å². The molecule has 1 heterocycles. The van der Waals surface area contributed by atoms with Crippen molar-refractivity contribution in [2.75, 3.05) is 33.0 Å². The van der Waals surface area contributed by atoms with Gasteiger partial charge in [-0.3, -0.25) is 9.97 Å². The Balaban J connectivity index is 2.84. The molecule has 1 aromatic heterocycles. The summed E-state index contributed by atoms with van der Waals surface area (Å²) in [6.45, 7) is -0.527. The maximum atomic E-state index is 10.6. The van der Waals surface area contributed by atoms with E-state index < -0.39 is 43.0 Å². The maximum absolute atomic E-state index is 10.6. The van der Waals surface area contributed by atoms with Gasteiger partial charge in [-0.25, -0.2) is 0 Å². The zero-order valence-corrected chi connectivity index (χ0v) is 18.3. The average molecular weight is 463 g/mol. The summed E-state index contributed by atoms with van der Waals surface area (Å²) in [7, 11) is 0. The van der Waals surface area contributed by atoms with Crippen LogP contribution in [0.1, 0.15) is 49.4 Å². The molecule has 1 unspecified atom stereocenters. The topological polar surface area (TPSA) is 197 Å². The molecule has 0 aliphatic heterocycles. The van der Waals surface area contributed by atoms with E-state index in [0.717, 1.165) is 0 Å². The summed E-state index contributed by atoms with van der Waals surface area (Å²) >= 11 is 0. The van der Waals surface area contributed by atoms with Gasteiger partial charge in [-0.1, -0.05) is 0 Å². The highest BCUT2D eigenvalue weighted by molar-refractivity contribution is 5.11. The lowest BCUT2D eigenvalue weighted by Gasteiger charge is -2.29. The fourth-order valence-electron chi connectivity index (χ4n) is 3.33. The van der Waals surface area contributed by atoms with Crippen molar-refractivity contribution in [1.29, 1.82) is 0 Å². The molecule has 6 atom stereocenters. The molecule has 11 nitrogen and oxygen atoms in total. The smallest absolute Gasteiger partial charge is 0.107 e. The first-order valence-corrected chi connectivity index (χ1v) is 11.0. The molecule has 0 aliphatic carbocycles. The Hall–Kier alpha value is -1.28. The molecule has 0 fully saturated rings. The van der Waals surface area contributed by atoms with Crippen molar-refractivity contribution < 1.29 is 45.6 Å². The Morgan fingerprint density at radius 1 is 0.750 bits per heavy atom. The second kappa shape index (κ2) is 16.4. The van der Waals surface area contributed by atoms with Crippen molar-refractivity contribution in [2.45, 2.75) is 75.0 Å². The van der Waals surface area contributed by atoms with Crippen LogP contribution in [0, 0.1) is 0 Å². The van der Waals surface area contributed by atoms with Crippen molar-refractivity contribution >= 4 is 0 Å². The van der Waals surface area contributed by atoms with Gasteiger partial charge in [0, 0.05) is 51.2 Å². The minimum atomic E-state index is -1.46. The van der Waals surface area contributed by atoms with E-state index in [2.05, 4.69) is 9.97 Å². The molecule has 0 spiro atoms. The van der Waals surface area contributed by atoms with Crippen molar-refractivity contribution in [2.24, 2.45) is 0 Å². The van der Waals surface area contributed by atoms with Crippen LogP contribution in [0.2, 0.25) is 0 Å². The second-order valence-electron chi connectivity index (χ2n) is 7.76. The van der Waals surface area contributed by atoms with E-state index in [4.69, 9.17) is 14.9 Å². The van der Waals surface area contributed by atoms with Crippen molar-refractivity contribution in [3.05, 3.63) is 23.8 Å². The Bertz CT molecular complexity index is 593. The standard InChI is InChI=1S/C21H38N2O9/c24-6-1-4-15(20(30)21(31)17(28)5-2-7-25)16-12-22-14(11-23-16)10-18(29)19(13-27)32-9-3-8-26/h11-12,15,17-21,24-31H,1-10,13H2/t15-,17?,18+,19-,20+,21-/m1/s1. The number of rotatable bonds is 18. The molecule has 0 radical (unpaired) electrons. The van der Waals surface area contributed by atoms with Crippen LogP contribution >= 0.6 is 0 Å². The van der Waals surface area contributed by atoms with Gasteiger partial charge in [-0.15, -0.1) is 0 Å².